The second-order valence-electron chi connectivity index (χ2n) is 6.03. The molecular formula is C19H22N2O2. The van der Waals surface area contributed by atoms with Crippen molar-refractivity contribution < 1.29 is 9.53 Å². The molecule has 1 saturated carbocycles. The standard InChI is InChI=1S/C19H22N2O2/c1-14-6-10-16(11-7-14)23-18-5-3-2-4-17(18)21-19(22)13-20-12-15-8-9-15/h2-7,10-11,15,20H,8-9,12-13H2,1H3,(H,21,22). The lowest BCUT2D eigenvalue weighted by atomic mass is 10.2. The van der Waals surface area contributed by atoms with Crippen LogP contribution in [0.4, 0.5) is 5.69 Å². The molecule has 0 aromatic heterocycles. The van der Waals surface area contributed by atoms with Crippen LogP contribution in [0.2, 0.25) is 0 Å². The lowest BCUT2D eigenvalue weighted by Crippen LogP contribution is -2.29. The van der Waals surface area contributed by atoms with Gasteiger partial charge in [-0.3, -0.25) is 4.79 Å². The summed E-state index contributed by atoms with van der Waals surface area (Å²) in [6.45, 7) is 3.29. The summed E-state index contributed by atoms with van der Waals surface area (Å²) in [4.78, 5) is 12.0. The fraction of sp³-hybridized carbons (Fsp3) is 0.316. The molecule has 120 valence electrons. The van der Waals surface area contributed by atoms with E-state index < -0.39 is 0 Å². The van der Waals surface area contributed by atoms with Crippen molar-refractivity contribution in [3.05, 3.63) is 54.1 Å². The van der Waals surface area contributed by atoms with E-state index in [2.05, 4.69) is 10.6 Å². The summed E-state index contributed by atoms with van der Waals surface area (Å²) in [5.74, 6) is 2.11. The number of carbonyl (C=O) groups is 1. The Balaban J connectivity index is 1.60. The molecule has 0 spiro atoms. The minimum Gasteiger partial charge on any atom is -0.455 e. The molecule has 0 atom stereocenters. The maximum Gasteiger partial charge on any atom is 0.238 e. The van der Waals surface area contributed by atoms with E-state index in [1.807, 2.05) is 55.5 Å². The highest BCUT2D eigenvalue weighted by Gasteiger charge is 2.20. The van der Waals surface area contributed by atoms with Gasteiger partial charge in [-0.1, -0.05) is 29.8 Å². The first-order valence-electron chi connectivity index (χ1n) is 8.05. The number of nitrogens with one attached hydrogen (secondary N) is 2. The highest BCUT2D eigenvalue weighted by atomic mass is 16.5. The van der Waals surface area contributed by atoms with Gasteiger partial charge in [0.25, 0.3) is 0 Å². The molecule has 2 N–H and O–H groups in total. The normalized spacial score (nSPS) is 13.6. The van der Waals surface area contributed by atoms with Crippen molar-refractivity contribution in [1.29, 1.82) is 0 Å². The number of hydrogen-bond donors (Lipinski definition) is 2. The lowest BCUT2D eigenvalue weighted by Gasteiger charge is -2.12. The van der Waals surface area contributed by atoms with Crippen molar-refractivity contribution in [2.75, 3.05) is 18.4 Å². The molecule has 1 aliphatic rings. The van der Waals surface area contributed by atoms with Crippen LogP contribution in [0.25, 0.3) is 0 Å². The zero-order valence-electron chi connectivity index (χ0n) is 13.3. The van der Waals surface area contributed by atoms with Gasteiger partial charge in [-0.05, 0) is 56.5 Å². The fourth-order valence-corrected chi connectivity index (χ4v) is 2.30. The minimum absolute atomic E-state index is 0.0504. The first-order valence-corrected chi connectivity index (χ1v) is 8.05. The second kappa shape index (κ2) is 7.29. The first kappa shape index (κ1) is 15.6. The molecule has 4 heteroatoms. The predicted molar refractivity (Wildman–Crippen MR) is 91.9 cm³/mol. The van der Waals surface area contributed by atoms with E-state index in [-0.39, 0.29) is 5.91 Å². The van der Waals surface area contributed by atoms with Crippen LogP contribution in [0.3, 0.4) is 0 Å². The molecule has 2 aromatic carbocycles. The number of para-hydroxylation sites is 2. The molecule has 1 amide bonds. The topological polar surface area (TPSA) is 50.4 Å². The third-order valence-electron chi connectivity index (χ3n) is 3.83. The van der Waals surface area contributed by atoms with Gasteiger partial charge in [-0.15, -0.1) is 0 Å². The maximum absolute atomic E-state index is 12.0. The summed E-state index contributed by atoms with van der Waals surface area (Å²) in [6.07, 6.45) is 2.56. The van der Waals surface area contributed by atoms with Crippen LogP contribution in [0.15, 0.2) is 48.5 Å². The van der Waals surface area contributed by atoms with Gasteiger partial charge in [0, 0.05) is 0 Å². The Morgan fingerprint density at radius 2 is 1.87 bits per heavy atom. The van der Waals surface area contributed by atoms with Crippen LogP contribution < -0.4 is 15.4 Å². The van der Waals surface area contributed by atoms with Gasteiger partial charge in [-0.25, -0.2) is 0 Å². The Labute approximate surface area is 136 Å². The monoisotopic (exact) mass is 310 g/mol. The molecule has 0 aliphatic heterocycles. The van der Waals surface area contributed by atoms with Crippen molar-refractivity contribution in [3.8, 4) is 11.5 Å². The highest BCUT2D eigenvalue weighted by Crippen LogP contribution is 2.29. The molecule has 0 heterocycles. The SMILES string of the molecule is Cc1ccc(Oc2ccccc2NC(=O)CNCC2CC2)cc1. The average molecular weight is 310 g/mol. The zero-order chi connectivity index (χ0) is 16.1. The second-order valence-corrected chi connectivity index (χ2v) is 6.03. The summed E-state index contributed by atoms with van der Waals surface area (Å²) in [7, 11) is 0. The summed E-state index contributed by atoms with van der Waals surface area (Å²) in [6, 6.07) is 15.3. The third-order valence-corrected chi connectivity index (χ3v) is 3.83. The van der Waals surface area contributed by atoms with Gasteiger partial charge in [-0.2, -0.15) is 0 Å². The number of ether oxygens (including phenoxy) is 1. The Hall–Kier alpha value is -2.33. The molecule has 23 heavy (non-hydrogen) atoms. The van der Waals surface area contributed by atoms with Gasteiger partial charge in [0.2, 0.25) is 5.91 Å². The fourth-order valence-electron chi connectivity index (χ4n) is 2.30. The minimum atomic E-state index is -0.0504. The van der Waals surface area contributed by atoms with E-state index >= 15 is 0 Å². The number of rotatable bonds is 7. The summed E-state index contributed by atoms with van der Waals surface area (Å²) in [5, 5.41) is 6.10. The van der Waals surface area contributed by atoms with Crippen LogP contribution in [0.1, 0.15) is 18.4 Å². The van der Waals surface area contributed by atoms with Crippen LogP contribution in [-0.4, -0.2) is 19.0 Å². The van der Waals surface area contributed by atoms with Gasteiger partial charge < -0.3 is 15.4 Å². The molecule has 0 unspecified atom stereocenters. The zero-order valence-corrected chi connectivity index (χ0v) is 13.3. The van der Waals surface area contributed by atoms with E-state index in [9.17, 15) is 4.79 Å². The third kappa shape index (κ3) is 4.83. The van der Waals surface area contributed by atoms with Crippen molar-refractivity contribution in [2.45, 2.75) is 19.8 Å². The van der Waals surface area contributed by atoms with Gasteiger partial charge in [0.15, 0.2) is 5.75 Å². The molecule has 1 fully saturated rings. The Morgan fingerprint density at radius 3 is 2.61 bits per heavy atom. The number of amides is 1. The Bertz CT molecular complexity index is 663. The van der Waals surface area contributed by atoms with E-state index in [1.54, 1.807) is 0 Å². The van der Waals surface area contributed by atoms with E-state index in [0.29, 0.717) is 18.0 Å². The molecule has 0 bridgehead atoms. The van der Waals surface area contributed by atoms with Crippen LogP contribution >= 0.6 is 0 Å². The quantitative estimate of drug-likeness (QED) is 0.819. The molecule has 3 rings (SSSR count). The molecule has 0 saturated heterocycles. The molecule has 4 nitrogen and oxygen atoms in total. The van der Waals surface area contributed by atoms with Crippen LogP contribution in [0.5, 0.6) is 11.5 Å². The van der Waals surface area contributed by atoms with Gasteiger partial charge in [0.1, 0.15) is 5.75 Å². The largest absolute Gasteiger partial charge is 0.455 e. The van der Waals surface area contributed by atoms with Crippen molar-refractivity contribution in [1.82, 2.24) is 5.32 Å². The maximum atomic E-state index is 12.0. The van der Waals surface area contributed by atoms with Gasteiger partial charge >= 0.3 is 0 Å². The van der Waals surface area contributed by atoms with Crippen LogP contribution in [0, 0.1) is 12.8 Å². The molecule has 1 aliphatic carbocycles. The molecule has 2 aromatic rings. The number of hydrogen-bond acceptors (Lipinski definition) is 3. The number of aryl methyl sites for hydroxylation is 1. The predicted octanol–water partition coefficient (Wildman–Crippen LogP) is 3.73. The number of anilines is 1. The summed E-state index contributed by atoms with van der Waals surface area (Å²) >= 11 is 0. The van der Waals surface area contributed by atoms with E-state index in [4.69, 9.17) is 4.74 Å². The van der Waals surface area contributed by atoms with Crippen molar-refractivity contribution in [3.63, 3.8) is 0 Å². The lowest BCUT2D eigenvalue weighted by molar-refractivity contribution is -0.115. The smallest absolute Gasteiger partial charge is 0.238 e. The highest BCUT2D eigenvalue weighted by molar-refractivity contribution is 5.93. The van der Waals surface area contributed by atoms with Crippen molar-refractivity contribution in [2.24, 2.45) is 5.92 Å². The van der Waals surface area contributed by atoms with E-state index in [1.165, 1.54) is 18.4 Å². The first-order chi connectivity index (χ1) is 11.2. The summed E-state index contributed by atoms with van der Waals surface area (Å²) in [5.41, 5.74) is 1.87. The molecule has 0 radical (unpaired) electrons. The van der Waals surface area contributed by atoms with Gasteiger partial charge in [0.05, 0.1) is 12.2 Å². The Kier molecular flexibility index (Phi) is 4.93. The van der Waals surface area contributed by atoms with Crippen LogP contribution in [-0.2, 0) is 4.79 Å². The summed E-state index contributed by atoms with van der Waals surface area (Å²) < 4.78 is 5.88. The van der Waals surface area contributed by atoms with Crippen molar-refractivity contribution >= 4 is 11.6 Å². The Morgan fingerprint density at radius 1 is 1.13 bits per heavy atom. The number of benzene rings is 2. The van der Waals surface area contributed by atoms with E-state index in [0.717, 1.165) is 18.2 Å². The number of carbonyl (C=O) groups excluding carboxylic acids is 1. The molecular weight excluding hydrogens is 288 g/mol. The average Bonchev–Trinajstić information content (AvgIpc) is 3.36.